The van der Waals surface area contributed by atoms with E-state index < -0.39 is 12.0 Å². The van der Waals surface area contributed by atoms with E-state index in [1.54, 1.807) is 18.2 Å². The number of halogens is 1. The second kappa shape index (κ2) is 8.27. The van der Waals surface area contributed by atoms with Crippen LogP contribution in [0.4, 0.5) is 0 Å². The highest BCUT2D eigenvalue weighted by Crippen LogP contribution is 2.35. The summed E-state index contributed by atoms with van der Waals surface area (Å²) in [6.07, 6.45) is 3.53. The Morgan fingerprint density at radius 3 is 2.42 bits per heavy atom. The first-order valence-corrected chi connectivity index (χ1v) is 9.48. The molecule has 0 aromatic heterocycles. The quantitative estimate of drug-likeness (QED) is 0.850. The van der Waals surface area contributed by atoms with E-state index in [0.717, 1.165) is 25.9 Å². The Balaban J connectivity index is 1.72. The highest BCUT2D eigenvalue weighted by Gasteiger charge is 2.36. The van der Waals surface area contributed by atoms with Gasteiger partial charge in [0, 0.05) is 42.7 Å². The van der Waals surface area contributed by atoms with Gasteiger partial charge in [0.05, 0.1) is 7.11 Å². The molecule has 0 unspecified atom stereocenters. The topological polar surface area (TPSA) is 70.1 Å². The predicted molar refractivity (Wildman–Crippen MR) is 98.5 cm³/mol. The number of aliphatic carboxylic acids is 1. The lowest BCUT2D eigenvalue weighted by Gasteiger charge is -2.36. The number of carboxylic acids is 1. The first kappa shape index (κ1) is 19.0. The fraction of sp³-hybridized carbons (Fsp3) is 0.579. The van der Waals surface area contributed by atoms with Crippen LogP contribution in [0.15, 0.2) is 18.2 Å². The Morgan fingerprint density at radius 2 is 1.85 bits per heavy atom. The molecule has 2 fully saturated rings. The smallest absolute Gasteiger partial charge is 0.325 e. The Morgan fingerprint density at radius 1 is 1.19 bits per heavy atom. The SMILES string of the molecule is COc1ccc(Cl)cc1[C@H](C(=O)O)N1CCC(C(=O)N2CCCC2)CC1. The highest BCUT2D eigenvalue weighted by atomic mass is 35.5. The minimum Gasteiger partial charge on any atom is -0.496 e. The lowest BCUT2D eigenvalue weighted by molar-refractivity contribution is -0.145. The number of carbonyl (C=O) groups is 2. The Labute approximate surface area is 158 Å². The molecule has 6 nitrogen and oxygen atoms in total. The number of amides is 1. The third-order valence-electron chi connectivity index (χ3n) is 5.38. The number of ether oxygens (including phenoxy) is 1. The molecule has 2 saturated heterocycles. The van der Waals surface area contributed by atoms with Crippen molar-refractivity contribution in [2.45, 2.75) is 31.7 Å². The van der Waals surface area contributed by atoms with Gasteiger partial charge in [0.1, 0.15) is 11.8 Å². The molecule has 0 aliphatic carbocycles. The van der Waals surface area contributed by atoms with E-state index in [0.29, 0.717) is 42.3 Å². The molecule has 7 heteroatoms. The van der Waals surface area contributed by atoms with Crippen molar-refractivity contribution < 1.29 is 19.4 Å². The van der Waals surface area contributed by atoms with Crippen LogP contribution in [0.2, 0.25) is 5.02 Å². The Bertz CT molecular complexity index is 668. The van der Waals surface area contributed by atoms with Crippen LogP contribution in [0, 0.1) is 5.92 Å². The minimum absolute atomic E-state index is 0.0000479. The van der Waals surface area contributed by atoms with Crippen LogP contribution >= 0.6 is 11.6 Å². The van der Waals surface area contributed by atoms with Crippen molar-refractivity contribution in [2.75, 3.05) is 33.3 Å². The molecule has 1 aromatic rings. The maximum absolute atomic E-state index is 12.6. The summed E-state index contributed by atoms with van der Waals surface area (Å²) in [6.45, 7) is 2.85. The zero-order chi connectivity index (χ0) is 18.7. The lowest BCUT2D eigenvalue weighted by atomic mass is 9.92. The average Bonchev–Trinajstić information content (AvgIpc) is 3.16. The Hall–Kier alpha value is -1.79. The normalized spacial score (nSPS) is 20.2. The number of methoxy groups -OCH3 is 1. The van der Waals surface area contributed by atoms with Gasteiger partial charge in [0.2, 0.25) is 5.91 Å². The predicted octanol–water partition coefficient (Wildman–Crippen LogP) is 2.81. The van der Waals surface area contributed by atoms with E-state index in [2.05, 4.69) is 0 Å². The van der Waals surface area contributed by atoms with Crippen LogP contribution in [0.25, 0.3) is 0 Å². The van der Waals surface area contributed by atoms with Crippen molar-refractivity contribution in [1.82, 2.24) is 9.80 Å². The molecule has 2 aliphatic heterocycles. The first-order valence-electron chi connectivity index (χ1n) is 9.10. The molecule has 3 rings (SSSR count). The molecular weight excluding hydrogens is 356 g/mol. The summed E-state index contributed by atoms with van der Waals surface area (Å²) >= 11 is 6.08. The second-order valence-electron chi connectivity index (χ2n) is 6.97. The molecule has 1 aromatic carbocycles. The van der Waals surface area contributed by atoms with E-state index >= 15 is 0 Å². The van der Waals surface area contributed by atoms with Crippen molar-refractivity contribution in [1.29, 1.82) is 0 Å². The zero-order valence-electron chi connectivity index (χ0n) is 15.0. The molecule has 2 aliphatic rings. The van der Waals surface area contributed by atoms with Gasteiger partial charge >= 0.3 is 5.97 Å². The van der Waals surface area contributed by atoms with Crippen LogP contribution in [0.5, 0.6) is 5.75 Å². The molecule has 1 amide bonds. The van der Waals surface area contributed by atoms with E-state index in [-0.39, 0.29) is 11.8 Å². The number of benzene rings is 1. The second-order valence-corrected chi connectivity index (χ2v) is 7.41. The fourth-order valence-corrected chi connectivity index (χ4v) is 4.19. The van der Waals surface area contributed by atoms with Gasteiger partial charge < -0.3 is 14.7 Å². The molecule has 0 radical (unpaired) electrons. The summed E-state index contributed by atoms with van der Waals surface area (Å²) in [5, 5.41) is 10.3. The maximum Gasteiger partial charge on any atom is 0.325 e. The van der Waals surface area contributed by atoms with E-state index in [1.807, 2.05) is 9.80 Å². The number of rotatable bonds is 5. The number of likely N-dealkylation sites (tertiary alicyclic amines) is 2. The van der Waals surface area contributed by atoms with Crippen molar-refractivity contribution in [3.8, 4) is 5.75 Å². The summed E-state index contributed by atoms with van der Waals surface area (Å²) in [4.78, 5) is 28.4. The first-order chi connectivity index (χ1) is 12.5. The third-order valence-corrected chi connectivity index (χ3v) is 5.62. The highest BCUT2D eigenvalue weighted by molar-refractivity contribution is 6.30. The molecule has 142 valence electrons. The van der Waals surface area contributed by atoms with Crippen LogP contribution in [0.3, 0.4) is 0 Å². The Kier molecular flexibility index (Phi) is 6.04. The number of carboxylic acid groups (broad SMARTS) is 1. The van der Waals surface area contributed by atoms with Crippen LogP contribution in [-0.2, 0) is 9.59 Å². The van der Waals surface area contributed by atoms with Gasteiger partial charge in [0.25, 0.3) is 0 Å². The summed E-state index contributed by atoms with van der Waals surface area (Å²) in [5.74, 6) is -0.193. The number of nitrogens with zero attached hydrogens (tertiary/aromatic N) is 2. The summed E-state index contributed by atoms with van der Waals surface area (Å²) in [6, 6.07) is 4.20. The molecule has 0 bridgehead atoms. The maximum atomic E-state index is 12.6. The van der Waals surface area contributed by atoms with E-state index in [4.69, 9.17) is 16.3 Å². The van der Waals surface area contributed by atoms with E-state index in [1.165, 1.54) is 7.11 Å². The number of hydrogen-bond donors (Lipinski definition) is 1. The zero-order valence-corrected chi connectivity index (χ0v) is 15.7. The lowest BCUT2D eigenvalue weighted by Crippen LogP contribution is -2.44. The minimum atomic E-state index is -0.935. The number of carbonyl (C=O) groups excluding carboxylic acids is 1. The van der Waals surface area contributed by atoms with Crippen LogP contribution in [0.1, 0.15) is 37.3 Å². The largest absolute Gasteiger partial charge is 0.496 e. The summed E-state index contributed by atoms with van der Waals surface area (Å²) in [5.41, 5.74) is 0.553. The summed E-state index contributed by atoms with van der Waals surface area (Å²) in [7, 11) is 1.52. The van der Waals surface area contributed by atoms with E-state index in [9.17, 15) is 14.7 Å². The van der Waals surface area contributed by atoms with Crippen molar-refractivity contribution in [3.63, 3.8) is 0 Å². The van der Waals surface area contributed by atoms with Gasteiger partial charge in [-0.15, -0.1) is 0 Å². The van der Waals surface area contributed by atoms with Gasteiger partial charge in [-0.3, -0.25) is 14.5 Å². The molecule has 0 spiro atoms. The summed E-state index contributed by atoms with van der Waals surface area (Å²) < 4.78 is 5.34. The van der Waals surface area contributed by atoms with Gasteiger partial charge in [-0.1, -0.05) is 11.6 Å². The van der Waals surface area contributed by atoms with Crippen molar-refractivity contribution in [3.05, 3.63) is 28.8 Å². The van der Waals surface area contributed by atoms with Crippen molar-refractivity contribution in [2.24, 2.45) is 5.92 Å². The van der Waals surface area contributed by atoms with Gasteiger partial charge in [0.15, 0.2) is 0 Å². The monoisotopic (exact) mass is 380 g/mol. The molecule has 2 heterocycles. The third kappa shape index (κ3) is 3.96. The molecule has 1 atom stereocenters. The van der Waals surface area contributed by atoms with Crippen molar-refractivity contribution >= 4 is 23.5 Å². The van der Waals surface area contributed by atoms with Gasteiger partial charge in [-0.2, -0.15) is 0 Å². The molecular formula is C19H25ClN2O4. The number of hydrogen-bond acceptors (Lipinski definition) is 4. The van der Waals surface area contributed by atoms with Crippen LogP contribution in [-0.4, -0.2) is 60.1 Å². The van der Waals surface area contributed by atoms with Gasteiger partial charge in [-0.25, -0.2) is 0 Å². The molecule has 0 saturated carbocycles. The number of piperidine rings is 1. The van der Waals surface area contributed by atoms with Crippen LogP contribution < -0.4 is 4.74 Å². The molecule has 1 N–H and O–H groups in total. The molecule has 26 heavy (non-hydrogen) atoms. The fourth-order valence-electron chi connectivity index (χ4n) is 4.01. The van der Waals surface area contributed by atoms with Gasteiger partial charge in [-0.05, 0) is 43.9 Å². The average molecular weight is 381 g/mol. The standard InChI is InChI=1S/C19H25ClN2O4/c1-26-16-5-4-14(20)12-15(16)17(19(24)25)21-10-6-13(7-11-21)18(23)22-8-2-3-9-22/h4-5,12-13,17H,2-3,6-11H2,1H3,(H,24,25)/t17-/m1/s1.